The van der Waals surface area contributed by atoms with Crippen LogP contribution >= 0.6 is 0 Å². The molecule has 2 rings (SSSR count). The second-order valence-corrected chi connectivity index (χ2v) is 6.35. The zero-order valence-electron chi connectivity index (χ0n) is 15.6. The van der Waals surface area contributed by atoms with Crippen LogP contribution in [0.25, 0.3) is 10.9 Å². The summed E-state index contributed by atoms with van der Waals surface area (Å²) in [6.07, 6.45) is 1.68. The molecule has 1 unspecified atom stereocenters. The molecule has 1 aromatic heterocycles. The van der Waals surface area contributed by atoms with E-state index in [-0.39, 0.29) is 37.6 Å². The average Bonchev–Trinajstić information content (AvgIpc) is 3.06. The number of nitrogens with one attached hydrogen (secondary N) is 4. The monoisotopic (exact) mass is 388 g/mol. The highest BCUT2D eigenvalue weighted by molar-refractivity contribution is 5.88. The Labute approximate surface area is 161 Å². The maximum Gasteiger partial charge on any atom is 0.326 e. The highest BCUT2D eigenvalue weighted by atomic mass is 16.4. The van der Waals surface area contributed by atoms with Crippen molar-refractivity contribution in [3.05, 3.63) is 36.0 Å². The molecule has 1 aromatic carbocycles. The Morgan fingerprint density at radius 1 is 1.04 bits per heavy atom. The van der Waals surface area contributed by atoms with Crippen LogP contribution in [-0.4, -0.2) is 52.9 Å². The van der Waals surface area contributed by atoms with Gasteiger partial charge in [0.15, 0.2) is 0 Å². The van der Waals surface area contributed by atoms with E-state index in [9.17, 15) is 24.3 Å². The summed E-state index contributed by atoms with van der Waals surface area (Å²) in [4.78, 5) is 49.1. The minimum Gasteiger partial charge on any atom is -0.480 e. The Kier molecular flexibility index (Phi) is 7.55. The minimum atomic E-state index is -1.14. The predicted molar refractivity (Wildman–Crippen MR) is 102 cm³/mol. The molecule has 28 heavy (non-hydrogen) atoms. The Balaban J connectivity index is 1.81. The number of hydrogen-bond donors (Lipinski definition) is 5. The largest absolute Gasteiger partial charge is 0.480 e. The second kappa shape index (κ2) is 10.1. The van der Waals surface area contributed by atoms with E-state index in [1.807, 2.05) is 24.3 Å². The summed E-state index contributed by atoms with van der Waals surface area (Å²) < 4.78 is 0. The Hall–Kier alpha value is -3.36. The van der Waals surface area contributed by atoms with Crippen LogP contribution in [0.1, 0.15) is 25.3 Å². The van der Waals surface area contributed by atoms with Crippen LogP contribution in [0.3, 0.4) is 0 Å². The van der Waals surface area contributed by atoms with Gasteiger partial charge in [-0.05, 0) is 11.6 Å². The van der Waals surface area contributed by atoms with E-state index in [4.69, 9.17) is 0 Å². The fourth-order valence-electron chi connectivity index (χ4n) is 2.74. The molecule has 0 spiro atoms. The van der Waals surface area contributed by atoms with Crippen LogP contribution < -0.4 is 16.0 Å². The smallest absolute Gasteiger partial charge is 0.326 e. The molecule has 0 aliphatic carbocycles. The van der Waals surface area contributed by atoms with Crippen molar-refractivity contribution in [2.45, 2.75) is 32.2 Å². The maximum absolute atomic E-state index is 12.1. The number of para-hydroxylation sites is 1. The maximum atomic E-state index is 12.1. The van der Waals surface area contributed by atoms with Crippen LogP contribution in [0.5, 0.6) is 0 Å². The Morgan fingerprint density at radius 2 is 1.71 bits per heavy atom. The molecule has 150 valence electrons. The number of aromatic amines is 1. The van der Waals surface area contributed by atoms with Gasteiger partial charge in [-0.1, -0.05) is 18.2 Å². The van der Waals surface area contributed by atoms with Crippen molar-refractivity contribution in [1.82, 2.24) is 20.9 Å². The molecule has 9 heteroatoms. The van der Waals surface area contributed by atoms with Crippen molar-refractivity contribution in [1.29, 1.82) is 0 Å². The highest BCUT2D eigenvalue weighted by Crippen LogP contribution is 2.19. The number of carbonyl (C=O) groups excluding carboxylic acids is 3. The van der Waals surface area contributed by atoms with Gasteiger partial charge >= 0.3 is 5.97 Å². The molecular weight excluding hydrogens is 364 g/mol. The standard InChI is InChI=1S/C19H24N4O5/c1-12(24)20-8-9-21-17(25)6-7-18(26)23-16(19(27)28)10-13-11-22-15-5-3-2-4-14(13)15/h2-5,11,16,22H,6-10H2,1H3,(H,20,24)(H,21,25)(H,23,26)(H,27,28). The fourth-order valence-corrected chi connectivity index (χ4v) is 2.74. The fraction of sp³-hybridized carbons (Fsp3) is 0.368. The first-order valence-corrected chi connectivity index (χ1v) is 8.95. The van der Waals surface area contributed by atoms with Crippen molar-refractivity contribution in [2.75, 3.05) is 13.1 Å². The van der Waals surface area contributed by atoms with Crippen molar-refractivity contribution in [3.8, 4) is 0 Å². The molecule has 1 atom stereocenters. The molecule has 0 saturated carbocycles. The van der Waals surface area contributed by atoms with Gasteiger partial charge in [-0.2, -0.15) is 0 Å². The Bertz CT molecular complexity index is 861. The van der Waals surface area contributed by atoms with E-state index in [0.29, 0.717) is 6.54 Å². The van der Waals surface area contributed by atoms with Crippen molar-refractivity contribution in [2.24, 2.45) is 0 Å². The number of carbonyl (C=O) groups is 4. The van der Waals surface area contributed by atoms with E-state index in [0.717, 1.165) is 16.5 Å². The highest BCUT2D eigenvalue weighted by Gasteiger charge is 2.22. The van der Waals surface area contributed by atoms with Gasteiger partial charge in [0, 0.05) is 56.4 Å². The van der Waals surface area contributed by atoms with Crippen LogP contribution in [0, 0.1) is 0 Å². The number of carboxylic acids is 1. The normalized spacial score (nSPS) is 11.6. The summed E-state index contributed by atoms with van der Waals surface area (Å²) in [7, 11) is 0. The summed E-state index contributed by atoms with van der Waals surface area (Å²) in [6.45, 7) is 1.94. The SMILES string of the molecule is CC(=O)NCCNC(=O)CCC(=O)NC(Cc1c[nH]c2ccccc12)C(=O)O. The van der Waals surface area contributed by atoms with Gasteiger partial charge in [-0.25, -0.2) is 4.79 Å². The molecule has 1 heterocycles. The third-order valence-electron chi connectivity index (χ3n) is 4.13. The summed E-state index contributed by atoms with van der Waals surface area (Å²) in [6, 6.07) is 6.42. The predicted octanol–water partition coefficient (Wildman–Crippen LogP) is 0.312. The number of benzene rings is 1. The lowest BCUT2D eigenvalue weighted by molar-refractivity contribution is -0.141. The van der Waals surface area contributed by atoms with Gasteiger partial charge in [0.25, 0.3) is 0 Å². The molecule has 0 bridgehead atoms. The third-order valence-corrected chi connectivity index (χ3v) is 4.13. The lowest BCUT2D eigenvalue weighted by Crippen LogP contribution is -2.42. The van der Waals surface area contributed by atoms with Gasteiger partial charge in [0.2, 0.25) is 17.7 Å². The summed E-state index contributed by atoms with van der Waals surface area (Å²) >= 11 is 0. The van der Waals surface area contributed by atoms with Gasteiger partial charge in [0.05, 0.1) is 0 Å². The zero-order chi connectivity index (χ0) is 20.5. The first-order valence-electron chi connectivity index (χ1n) is 8.95. The molecule has 3 amide bonds. The van der Waals surface area contributed by atoms with E-state index in [1.165, 1.54) is 6.92 Å². The van der Waals surface area contributed by atoms with Crippen LogP contribution in [0.4, 0.5) is 0 Å². The summed E-state index contributed by atoms with van der Waals surface area (Å²) in [5.41, 5.74) is 1.68. The molecule has 0 aliphatic heterocycles. The van der Waals surface area contributed by atoms with Crippen LogP contribution in [-0.2, 0) is 25.6 Å². The van der Waals surface area contributed by atoms with Crippen molar-refractivity contribution >= 4 is 34.6 Å². The molecule has 0 aliphatic rings. The molecule has 0 saturated heterocycles. The number of hydrogen-bond acceptors (Lipinski definition) is 4. The van der Waals surface area contributed by atoms with Crippen molar-refractivity contribution in [3.63, 3.8) is 0 Å². The number of rotatable bonds is 10. The number of aromatic nitrogens is 1. The zero-order valence-corrected chi connectivity index (χ0v) is 15.6. The van der Waals surface area contributed by atoms with Gasteiger partial charge < -0.3 is 26.0 Å². The topological polar surface area (TPSA) is 140 Å². The van der Waals surface area contributed by atoms with Crippen LogP contribution in [0.15, 0.2) is 30.5 Å². The number of aliphatic carboxylic acids is 1. The number of amides is 3. The quantitative estimate of drug-likeness (QED) is 0.373. The first-order chi connectivity index (χ1) is 13.4. The molecule has 5 N–H and O–H groups in total. The molecule has 0 radical (unpaired) electrons. The van der Waals surface area contributed by atoms with Crippen molar-refractivity contribution < 1.29 is 24.3 Å². The van der Waals surface area contributed by atoms with E-state index >= 15 is 0 Å². The first kappa shape index (κ1) is 20.9. The third kappa shape index (κ3) is 6.42. The summed E-state index contributed by atoms with van der Waals surface area (Å²) in [5.74, 6) is -2.19. The number of H-pyrrole nitrogens is 1. The minimum absolute atomic E-state index is 0.0642. The van der Waals surface area contributed by atoms with E-state index in [1.54, 1.807) is 6.20 Å². The summed E-state index contributed by atoms with van der Waals surface area (Å²) in [5, 5.41) is 17.9. The number of carboxylic acid groups (broad SMARTS) is 1. The van der Waals surface area contributed by atoms with E-state index < -0.39 is 17.9 Å². The molecule has 2 aromatic rings. The number of fused-ring (bicyclic) bond motifs is 1. The Morgan fingerprint density at radius 3 is 2.43 bits per heavy atom. The lowest BCUT2D eigenvalue weighted by atomic mass is 10.0. The molecule has 9 nitrogen and oxygen atoms in total. The average molecular weight is 388 g/mol. The molecule has 0 fully saturated rings. The van der Waals surface area contributed by atoms with Crippen LogP contribution in [0.2, 0.25) is 0 Å². The van der Waals surface area contributed by atoms with E-state index in [2.05, 4.69) is 20.9 Å². The van der Waals surface area contributed by atoms with Gasteiger partial charge in [-0.3, -0.25) is 14.4 Å². The van der Waals surface area contributed by atoms with Gasteiger partial charge in [-0.15, -0.1) is 0 Å². The second-order valence-electron chi connectivity index (χ2n) is 6.35. The molecular formula is C19H24N4O5. The van der Waals surface area contributed by atoms with Gasteiger partial charge in [0.1, 0.15) is 6.04 Å². The lowest BCUT2D eigenvalue weighted by Gasteiger charge is -2.14.